The highest BCUT2D eigenvalue weighted by Crippen LogP contribution is 2.61. The summed E-state index contributed by atoms with van der Waals surface area (Å²) >= 11 is 0. The zero-order valence-electron chi connectivity index (χ0n) is 11.7. The van der Waals surface area contributed by atoms with Crippen LogP contribution in [-0.4, -0.2) is 24.3 Å². The molecule has 0 spiro atoms. The molecular weight excluding hydrogens is 252 g/mol. The number of carbonyl (C=O) groups is 1. The minimum Gasteiger partial charge on any atom is -0.462 e. The molecule has 0 amide bonds. The Morgan fingerprint density at radius 1 is 1.05 bits per heavy atom. The molecule has 3 heteroatoms. The second-order valence-corrected chi connectivity index (χ2v) is 7.43. The predicted octanol–water partition coefficient (Wildman–Crippen LogP) is 2.70. The van der Waals surface area contributed by atoms with Crippen molar-refractivity contribution in [3.05, 3.63) is 12.2 Å². The molecule has 0 aromatic carbocycles. The van der Waals surface area contributed by atoms with Crippen molar-refractivity contribution in [2.24, 2.45) is 29.6 Å². The summed E-state index contributed by atoms with van der Waals surface area (Å²) in [5.74, 6) is 2.76. The molecule has 2 heterocycles. The van der Waals surface area contributed by atoms with Crippen LogP contribution in [0.2, 0.25) is 0 Å². The van der Waals surface area contributed by atoms with E-state index < -0.39 is 0 Å². The Labute approximate surface area is 119 Å². The van der Waals surface area contributed by atoms with Crippen LogP contribution in [0, 0.1) is 29.6 Å². The molecule has 7 unspecified atom stereocenters. The van der Waals surface area contributed by atoms with Gasteiger partial charge >= 0.3 is 5.97 Å². The number of esters is 1. The van der Waals surface area contributed by atoms with Crippen molar-refractivity contribution in [1.29, 1.82) is 0 Å². The predicted molar refractivity (Wildman–Crippen MR) is 72.8 cm³/mol. The van der Waals surface area contributed by atoms with Crippen molar-refractivity contribution in [3.8, 4) is 0 Å². The highest BCUT2D eigenvalue weighted by atomic mass is 16.6. The molecular formula is C17H22O3. The molecule has 2 saturated carbocycles. The second-order valence-electron chi connectivity index (χ2n) is 7.43. The fourth-order valence-corrected chi connectivity index (χ4v) is 5.72. The van der Waals surface area contributed by atoms with Gasteiger partial charge in [0.15, 0.2) is 0 Å². The van der Waals surface area contributed by atoms with Gasteiger partial charge in [-0.25, -0.2) is 0 Å². The monoisotopic (exact) mass is 274 g/mol. The van der Waals surface area contributed by atoms with E-state index in [4.69, 9.17) is 9.47 Å². The maximum atomic E-state index is 12.5. The Kier molecular flexibility index (Phi) is 2.41. The van der Waals surface area contributed by atoms with Crippen molar-refractivity contribution in [2.75, 3.05) is 0 Å². The summed E-state index contributed by atoms with van der Waals surface area (Å²) in [6, 6.07) is 0. The largest absolute Gasteiger partial charge is 0.462 e. The third-order valence-electron chi connectivity index (χ3n) is 6.49. The number of fused-ring (bicyclic) bond motifs is 9. The van der Waals surface area contributed by atoms with Crippen molar-refractivity contribution in [1.82, 2.24) is 0 Å². The summed E-state index contributed by atoms with van der Waals surface area (Å²) in [5.41, 5.74) is 0. The van der Waals surface area contributed by atoms with Crippen molar-refractivity contribution >= 4 is 5.97 Å². The molecule has 2 aliphatic heterocycles. The second kappa shape index (κ2) is 4.09. The average molecular weight is 274 g/mol. The van der Waals surface area contributed by atoms with Gasteiger partial charge in [-0.2, -0.15) is 0 Å². The number of hydrogen-bond donors (Lipinski definition) is 0. The van der Waals surface area contributed by atoms with E-state index in [1.807, 2.05) is 0 Å². The maximum Gasteiger partial charge on any atom is 0.311 e. The standard InChI is InChI=1S/C17H22O3/c18-17(19-11-3-1-2-4-11)12-8-13-14-9-5-6-10(7-9)15(14)16(12)20-13/h5-6,9-16H,1-4,7-8H2. The highest BCUT2D eigenvalue weighted by molar-refractivity contribution is 5.74. The van der Waals surface area contributed by atoms with Gasteiger partial charge in [-0.15, -0.1) is 0 Å². The van der Waals surface area contributed by atoms with Gasteiger partial charge in [0.2, 0.25) is 0 Å². The van der Waals surface area contributed by atoms with E-state index in [1.165, 1.54) is 19.3 Å². The summed E-state index contributed by atoms with van der Waals surface area (Å²) in [4.78, 5) is 12.5. The summed E-state index contributed by atoms with van der Waals surface area (Å²) in [6.45, 7) is 0. The summed E-state index contributed by atoms with van der Waals surface area (Å²) in [5, 5.41) is 0. The minimum absolute atomic E-state index is 0.0228. The van der Waals surface area contributed by atoms with E-state index >= 15 is 0 Å². The van der Waals surface area contributed by atoms with Gasteiger partial charge in [-0.3, -0.25) is 4.79 Å². The normalized spacial score (nSPS) is 51.9. The molecule has 0 aromatic heterocycles. The quantitative estimate of drug-likeness (QED) is 0.573. The van der Waals surface area contributed by atoms with Gasteiger partial charge in [-0.05, 0) is 62.2 Å². The average Bonchev–Trinajstić information content (AvgIpc) is 3.22. The number of carbonyl (C=O) groups excluding carboxylic acids is 1. The maximum absolute atomic E-state index is 12.5. The van der Waals surface area contributed by atoms with Crippen LogP contribution in [0.1, 0.15) is 38.5 Å². The Hall–Kier alpha value is -0.830. The van der Waals surface area contributed by atoms with E-state index in [-0.39, 0.29) is 24.1 Å². The van der Waals surface area contributed by atoms with Crippen LogP contribution in [0.15, 0.2) is 12.2 Å². The van der Waals surface area contributed by atoms with E-state index in [0.29, 0.717) is 23.9 Å². The molecule has 2 saturated heterocycles. The van der Waals surface area contributed by atoms with Crippen LogP contribution >= 0.6 is 0 Å². The van der Waals surface area contributed by atoms with Crippen LogP contribution in [0.4, 0.5) is 0 Å². The molecule has 108 valence electrons. The third-order valence-corrected chi connectivity index (χ3v) is 6.49. The first-order valence-corrected chi connectivity index (χ1v) is 8.35. The van der Waals surface area contributed by atoms with Gasteiger partial charge < -0.3 is 9.47 Å². The van der Waals surface area contributed by atoms with E-state index in [2.05, 4.69) is 12.2 Å². The van der Waals surface area contributed by atoms with Gasteiger partial charge in [-0.1, -0.05) is 12.2 Å². The zero-order chi connectivity index (χ0) is 13.3. The van der Waals surface area contributed by atoms with E-state index in [9.17, 15) is 4.79 Å². The molecule has 3 nitrogen and oxygen atoms in total. The summed E-state index contributed by atoms with van der Waals surface area (Å²) in [7, 11) is 0. The molecule has 0 aromatic rings. The molecule has 7 atom stereocenters. The Bertz CT molecular complexity index is 465. The lowest BCUT2D eigenvalue weighted by atomic mass is 9.69. The topological polar surface area (TPSA) is 35.5 Å². The van der Waals surface area contributed by atoms with Gasteiger partial charge in [0.25, 0.3) is 0 Å². The zero-order valence-corrected chi connectivity index (χ0v) is 11.7. The molecule has 5 rings (SSSR count). The lowest BCUT2D eigenvalue weighted by molar-refractivity contribution is -0.156. The van der Waals surface area contributed by atoms with Crippen LogP contribution in [0.25, 0.3) is 0 Å². The number of rotatable bonds is 2. The van der Waals surface area contributed by atoms with Gasteiger partial charge in [0, 0.05) is 0 Å². The first kappa shape index (κ1) is 11.8. The molecule has 5 aliphatic rings. The van der Waals surface area contributed by atoms with Crippen molar-refractivity contribution in [3.63, 3.8) is 0 Å². The first-order valence-electron chi connectivity index (χ1n) is 8.35. The smallest absolute Gasteiger partial charge is 0.311 e. The van der Waals surface area contributed by atoms with Gasteiger partial charge in [0.1, 0.15) is 6.10 Å². The summed E-state index contributed by atoms with van der Waals surface area (Å²) < 4.78 is 11.9. The highest BCUT2D eigenvalue weighted by Gasteiger charge is 2.64. The lowest BCUT2D eigenvalue weighted by Gasteiger charge is -2.32. The van der Waals surface area contributed by atoms with Crippen LogP contribution < -0.4 is 0 Å². The van der Waals surface area contributed by atoms with Crippen molar-refractivity contribution < 1.29 is 14.3 Å². The number of allylic oxidation sites excluding steroid dienone is 2. The Morgan fingerprint density at radius 3 is 2.60 bits per heavy atom. The molecule has 4 bridgehead atoms. The SMILES string of the molecule is O=C(OC1CCCC1)C1CC2OC1C1C3C=CC(C3)C21. The van der Waals surface area contributed by atoms with Crippen molar-refractivity contribution in [2.45, 2.75) is 56.8 Å². The van der Waals surface area contributed by atoms with Gasteiger partial charge in [0.05, 0.1) is 18.1 Å². The number of ether oxygens (including phenoxy) is 2. The molecule has 20 heavy (non-hydrogen) atoms. The first-order chi connectivity index (χ1) is 9.81. The molecule has 0 radical (unpaired) electrons. The van der Waals surface area contributed by atoms with E-state index in [1.54, 1.807) is 0 Å². The fraction of sp³-hybridized carbons (Fsp3) is 0.824. The fourth-order valence-electron chi connectivity index (χ4n) is 5.72. The Balaban J connectivity index is 1.32. The van der Waals surface area contributed by atoms with Crippen LogP contribution in [0.5, 0.6) is 0 Å². The lowest BCUT2D eigenvalue weighted by Crippen LogP contribution is -2.40. The molecule has 3 aliphatic carbocycles. The molecule has 0 N–H and O–H groups in total. The molecule has 4 fully saturated rings. The third kappa shape index (κ3) is 1.47. The number of hydrogen-bond acceptors (Lipinski definition) is 3. The van der Waals surface area contributed by atoms with Crippen LogP contribution in [-0.2, 0) is 14.3 Å². The van der Waals surface area contributed by atoms with E-state index in [0.717, 1.165) is 25.2 Å². The Morgan fingerprint density at radius 2 is 1.80 bits per heavy atom. The minimum atomic E-state index is 0.0228. The van der Waals surface area contributed by atoms with Crippen LogP contribution in [0.3, 0.4) is 0 Å². The summed E-state index contributed by atoms with van der Waals surface area (Å²) in [6.07, 6.45) is 12.2.